The largest absolute Gasteiger partial charge is 0.344 e. The van der Waals surface area contributed by atoms with Crippen LogP contribution in [-0.2, 0) is 4.79 Å². The predicted octanol–water partition coefficient (Wildman–Crippen LogP) is 6.86. The van der Waals surface area contributed by atoms with E-state index in [-0.39, 0.29) is 39.8 Å². The summed E-state index contributed by atoms with van der Waals surface area (Å²) in [5, 5.41) is 10.3. The number of aromatic nitrogens is 3. The molecule has 2 atom stereocenters. The normalized spacial score (nSPS) is 16.9. The van der Waals surface area contributed by atoms with Gasteiger partial charge in [0.2, 0.25) is 5.91 Å². The number of carbonyl (C=O) groups excluding carboxylic acids is 3. The summed E-state index contributed by atoms with van der Waals surface area (Å²) in [6.45, 7) is 5.36. The van der Waals surface area contributed by atoms with Crippen LogP contribution >= 0.6 is 11.6 Å². The molecule has 0 saturated heterocycles. The molecule has 2 bridgehead atoms. The Morgan fingerprint density at radius 2 is 1.98 bits per heavy atom. The fraction of sp³-hybridized carbons (Fsp3) is 0.281. The topological polar surface area (TPSA) is 106 Å². The molecule has 1 aliphatic heterocycles. The Morgan fingerprint density at radius 1 is 1.17 bits per heavy atom. The summed E-state index contributed by atoms with van der Waals surface area (Å²) in [4.78, 5) is 43.7. The SMILES string of the molecule is CCC(=O)c1ccc2c(c1)-c1ccnc(c1)[C@@H](NC(=O)c1cnn(-c3cccc(Cl)c3F)c1C)CCC[C@@H](C)C(=O)N2. The Morgan fingerprint density at radius 3 is 2.76 bits per heavy atom. The molecule has 4 aromatic rings. The number of nitrogens with one attached hydrogen (secondary N) is 2. The zero-order chi connectivity index (χ0) is 30.0. The van der Waals surface area contributed by atoms with Crippen LogP contribution in [0.4, 0.5) is 10.1 Å². The van der Waals surface area contributed by atoms with Gasteiger partial charge in [0.05, 0.1) is 34.2 Å². The molecule has 2 amide bonds. The summed E-state index contributed by atoms with van der Waals surface area (Å²) >= 11 is 5.96. The van der Waals surface area contributed by atoms with Crippen LogP contribution in [0.1, 0.15) is 77.7 Å². The van der Waals surface area contributed by atoms with Gasteiger partial charge in [0.15, 0.2) is 11.6 Å². The van der Waals surface area contributed by atoms with E-state index < -0.39 is 11.9 Å². The van der Waals surface area contributed by atoms with Crippen LogP contribution in [-0.4, -0.2) is 32.4 Å². The van der Waals surface area contributed by atoms with Crippen molar-refractivity contribution >= 4 is 34.9 Å². The Labute approximate surface area is 248 Å². The minimum Gasteiger partial charge on any atom is -0.344 e. The maximum atomic E-state index is 14.7. The van der Waals surface area contributed by atoms with E-state index in [0.717, 1.165) is 5.56 Å². The van der Waals surface area contributed by atoms with Gasteiger partial charge < -0.3 is 10.6 Å². The minimum absolute atomic E-state index is 0.00315. The summed E-state index contributed by atoms with van der Waals surface area (Å²) in [5.41, 5.74) is 4.15. The number of rotatable bonds is 5. The zero-order valence-electron chi connectivity index (χ0n) is 23.6. The number of amides is 2. The van der Waals surface area contributed by atoms with Crippen LogP contribution in [0.3, 0.4) is 0 Å². The lowest BCUT2D eigenvalue weighted by Crippen LogP contribution is -2.30. The summed E-state index contributed by atoms with van der Waals surface area (Å²) in [6, 6.07) is 13.1. The summed E-state index contributed by atoms with van der Waals surface area (Å²) in [5.74, 6) is -1.40. The molecule has 0 unspecified atom stereocenters. The van der Waals surface area contributed by atoms with E-state index in [1.54, 1.807) is 50.4 Å². The lowest BCUT2D eigenvalue weighted by molar-refractivity contribution is -0.119. The predicted molar refractivity (Wildman–Crippen MR) is 159 cm³/mol. The highest BCUT2D eigenvalue weighted by Crippen LogP contribution is 2.33. The second kappa shape index (κ2) is 12.2. The highest BCUT2D eigenvalue weighted by atomic mass is 35.5. The molecule has 0 saturated carbocycles. The molecule has 2 N–H and O–H groups in total. The highest BCUT2D eigenvalue weighted by Gasteiger charge is 2.25. The fourth-order valence-corrected chi connectivity index (χ4v) is 5.32. The van der Waals surface area contributed by atoms with Crippen molar-refractivity contribution < 1.29 is 18.8 Å². The van der Waals surface area contributed by atoms with E-state index in [9.17, 15) is 18.8 Å². The van der Waals surface area contributed by atoms with Gasteiger partial charge in [-0.15, -0.1) is 0 Å². The number of Topliss-reactive ketones (excluding diaryl/α,β-unsaturated/α-hetero) is 1. The van der Waals surface area contributed by atoms with Gasteiger partial charge in [0.1, 0.15) is 5.69 Å². The van der Waals surface area contributed by atoms with Crippen LogP contribution in [0.15, 0.2) is 60.9 Å². The first-order chi connectivity index (χ1) is 20.2. The minimum atomic E-state index is -0.625. The van der Waals surface area contributed by atoms with Gasteiger partial charge in [-0.05, 0) is 67.8 Å². The van der Waals surface area contributed by atoms with Gasteiger partial charge in [-0.3, -0.25) is 19.4 Å². The van der Waals surface area contributed by atoms with E-state index in [0.29, 0.717) is 53.9 Å². The number of nitrogens with zero attached hydrogens (tertiary/aromatic N) is 3. The molecule has 10 heteroatoms. The number of pyridine rings is 1. The highest BCUT2D eigenvalue weighted by molar-refractivity contribution is 6.30. The Kier molecular flexibility index (Phi) is 8.49. The van der Waals surface area contributed by atoms with Crippen LogP contribution in [0.5, 0.6) is 0 Å². The van der Waals surface area contributed by atoms with Crippen molar-refractivity contribution in [3.05, 3.63) is 94.3 Å². The molecule has 3 heterocycles. The van der Waals surface area contributed by atoms with E-state index in [1.807, 2.05) is 19.1 Å². The molecule has 1 aliphatic rings. The maximum Gasteiger partial charge on any atom is 0.255 e. The molecular formula is C32H31ClFN5O3. The van der Waals surface area contributed by atoms with Gasteiger partial charge in [-0.2, -0.15) is 5.10 Å². The first-order valence-corrected chi connectivity index (χ1v) is 14.3. The number of benzene rings is 2. The van der Waals surface area contributed by atoms with Crippen molar-refractivity contribution in [3.63, 3.8) is 0 Å². The van der Waals surface area contributed by atoms with Gasteiger partial charge in [0, 0.05) is 35.3 Å². The van der Waals surface area contributed by atoms with Crippen molar-refractivity contribution in [1.29, 1.82) is 0 Å². The number of hydrogen-bond acceptors (Lipinski definition) is 5. The maximum absolute atomic E-state index is 14.7. The molecule has 5 rings (SSSR count). The lowest BCUT2D eigenvalue weighted by atomic mass is 9.94. The Hall–Kier alpha value is -4.37. The van der Waals surface area contributed by atoms with Gasteiger partial charge in [-0.1, -0.05) is 37.9 Å². The molecule has 42 heavy (non-hydrogen) atoms. The smallest absolute Gasteiger partial charge is 0.255 e. The number of ketones is 1. The molecular weight excluding hydrogens is 557 g/mol. The molecule has 2 aromatic heterocycles. The Balaban J connectivity index is 1.51. The second-order valence-corrected chi connectivity index (χ2v) is 10.9. The van der Waals surface area contributed by atoms with E-state index >= 15 is 0 Å². The van der Waals surface area contributed by atoms with Gasteiger partial charge in [-0.25, -0.2) is 9.07 Å². The number of hydrogen-bond donors (Lipinski definition) is 2. The van der Waals surface area contributed by atoms with Crippen LogP contribution in [0.25, 0.3) is 16.8 Å². The van der Waals surface area contributed by atoms with Crippen LogP contribution in [0.2, 0.25) is 5.02 Å². The number of halogens is 2. The summed E-state index contributed by atoms with van der Waals surface area (Å²) in [6.07, 6.45) is 5.22. The third kappa shape index (κ3) is 5.83. The summed E-state index contributed by atoms with van der Waals surface area (Å²) in [7, 11) is 0. The van der Waals surface area contributed by atoms with Crippen molar-refractivity contribution in [2.45, 2.75) is 52.5 Å². The molecule has 0 fully saturated rings. The summed E-state index contributed by atoms with van der Waals surface area (Å²) < 4.78 is 16.0. The van der Waals surface area contributed by atoms with E-state index in [1.165, 1.54) is 16.9 Å². The molecule has 0 radical (unpaired) electrons. The number of anilines is 1. The molecule has 8 nitrogen and oxygen atoms in total. The van der Waals surface area contributed by atoms with Crippen LogP contribution < -0.4 is 10.6 Å². The first kappa shape index (κ1) is 29.1. The average Bonchev–Trinajstić information content (AvgIpc) is 3.38. The molecule has 2 aromatic carbocycles. The lowest BCUT2D eigenvalue weighted by Gasteiger charge is -2.22. The monoisotopic (exact) mass is 587 g/mol. The van der Waals surface area contributed by atoms with Gasteiger partial charge >= 0.3 is 0 Å². The molecule has 216 valence electrons. The Bertz CT molecular complexity index is 1680. The second-order valence-electron chi connectivity index (χ2n) is 10.5. The van der Waals surface area contributed by atoms with Crippen LogP contribution in [0, 0.1) is 18.7 Å². The fourth-order valence-electron chi connectivity index (χ4n) is 5.15. The van der Waals surface area contributed by atoms with Crippen molar-refractivity contribution in [3.8, 4) is 16.8 Å². The zero-order valence-corrected chi connectivity index (χ0v) is 24.3. The molecule has 0 spiro atoms. The van der Waals surface area contributed by atoms with Gasteiger partial charge in [0.25, 0.3) is 5.91 Å². The third-order valence-electron chi connectivity index (χ3n) is 7.67. The van der Waals surface area contributed by atoms with E-state index in [4.69, 9.17) is 11.6 Å². The average molecular weight is 588 g/mol. The standard InChI is InChI=1S/C32H31ClFN5O3/c1-4-29(40)21-11-12-25-22(15-21)20-13-14-35-27(16-20)26(9-5-7-18(2)31(41)37-25)38-32(42)23-17-36-39(19(23)3)28-10-6-8-24(33)30(28)34/h6,8,10-18,26H,4-5,7,9H2,1-3H3,(H,37,41)(H,38,42)/t18-,26+/m1/s1. The van der Waals surface area contributed by atoms with Crippen molar-refractivity contribution in [1.82, 2.24) is 20.1 Å². The molecule has 0 aliphatic carbocycles. The van der Waals surface area contributed by atoms with Crippen molar-refractivity contribution in [2.75, 3.05) is 5.32 Å². The third-order valence-corrected chi connectivity index (χ3v) is 7.96. The van der Waals surface area contributed by atoms with E-state index in [2.05, 4.69) is 20.7 Å². The van der Waals surface area contributed by atoms with Crippen molar-refractivity contribution in [2.24, 2.45) is 5.92 Å². The first-order valence-electron chi connectivity index (χ1n) is 13.9. The quantitative estimate of drug-likeness (QED) is 0.248. The number of carbonyl (C=O) groups is 3. The number of fused-ring (bicyclic) bond motifs is 4.